The third kappa shape index (κ3) is 6.07. The number of rotatable bonds is 8. The van der Waals surface area contributed by atoms with Gasteiger partial charge in [-0.2, -0.15) is 0 Å². The fraction of sp³-hybridized carbons (Fsp3) is 0.182. The van der Waals surface area contributed by atoms with Crippen LogP contribution in [0.2, 0.25) is 0 Å². The van der Waals surface area contributed by atoms with Crippen LogP contribution in [0, 0.1) is 0 Å². The average Bonchev–Trinajstić information content (AvgIpc) is 2.73. The molecule has 0 aromatic heterocycles. The predicted molar refractivity (Wildman–Crippen MR) is 130 cm³/mol. The van der Waals surface area contributed by atoms with Crippen molar-refractivity contribution in [2.24, 2.45) is 0 Å². The Kier molecular flexibility index (Phi) is 8.22. The Morgan fingerprint density at radius 2 is 1.34 bits per heavy atom. The maximum absolute atomic E-state index is 10.9. The lowest BCUT2D eigenvalue weighted by atomic mass is 10.1. The Hall–Kier alpha value is -0.860. The molecule has 0 bridgehead atoms. The van der Waals surface area contributed by atoms with Crippen LogP contribution < -0.4 is 9.47 Å². The van der Waals surface area contributed by atoms with Gasteiger partial charge in [0.1, 0.15) is 28.4 Å². The van der Waals surface area contributed by atoms with Crippen molar-refractivity contribution in [3.63, 3.8) is 0 Å². The minimum Gasteiger partial charge on any atom is -0.489 e. The zero-order valence-electron chi connectivity index (χ0n) is 15.2. The molecule has 3 aromatic rings. The Balaban J connectivity index is 1.90. The molecular weight excluding hydrogens is 632 g/mol. The van der Waals surface area contributed by atoms with Crippen LogP contribution in [0.25, 0.3) is 0 Å². The fourth-order valence-corrected chi connectivity index (χ4v) is 4.33. The van der Waals surface area contributed by atoms with Crippen molar-refractivity contribution in [2.45, 2.75) is 21.5 Å². The van der Waals surface area contributed by atoms with E-state index in [1.807, 2.05) is 66.7 Å². The Morgan fingerprint density at radius 1 is 0.828 bits per heavy atom. The molecule has 29 heavy (non-hydrogen) atoms. The lowest BCUT2D eigenvalue weighted by Gasteiger charge is -2.26. The molecule has 0 aliphatic heterocycles. The molecule has 0 saturated carbocycles. The van der Waals surface area contributed by atoms with E-state index in [-0.39, 0.29) is 0 Å². The predicted octanol–water partition coefficient (Wildman–Crippen LogP) is 7.26. The smallest absolute Gasteiger partial charge is 0.168 e. The summed E-state index contributed by atoms with van der Waals surface area (Å²) in [5.74, 6) is 1.17. The quantitative estimate of drug-likeness (QED) is 0.261. The number of hydrogen-bond donors (Lipinski definition) is 1. The standard InChI is InChI=1S/C22H18Br4O3/c23-20-18(22(26,27)21(24)25)11-17(28-13-15-7-3-1-4-8-15)12-19(20)29-14-16-9-5-2-6-10-16/h1-12,21,27H,13-14H2. The van der Waals surface area contributed by atoms with Gasteiger partial charge in [0, 0.05) is 11.6 Å². The summed E-state index contributed by atoms with van der Waals surface area (Å²) in [5.41, 5.74) is 2.67. The highest BCUT2D eigenvalue weighted by atomic mass is 79.9. The van der Waals surface area contributed by atoms with E-state index in [1.165, 1.54) is 0 Å². The Bertz CT molecular complexity index is 932. The van der Waals surface area contributed by atoms with E-state index in [4.69, 9.17) is 9.47 Å². The molecule has 152 valence electrons. The number of aliphatic hydroxyl groups is 1. The minimum atomic E-state index is -1.39. The number of benzene rings is 3. The first-order valence-corrected chi connectivity index (χ1v) is 12.2. The summed E-state index contributed by atoms with van der Waals surface area (Å²) in [5, 5.41) is 10.9. The van der Waals surface area contributed by atoms with Gasteiger partial charge >= 0.3 is 0 Å². The summed E-state index contributed by atoms with van der Waals surface area (Å²) in [6.45, 7) is 0.806. The molecule has 3 nitrogen and oxygen atoms in total. The van der Waals surface area contributed by atoms with Crippen LogP contribution in [0.1, 0.15) is 16.7 Å². The van der Waals surface area contributed by atoms with Gasteiger partial charge in [-0.25, -0.2) is 0 Å². The van der Waals surface area contributed by atoms with Gasteiger partial charge in [-0.15, -0.1) is 0 Å². The zero-order chi connectivity index (χ0) is 20.9. The van der Waals surface area contributed by atoms with Crippen LogP contribution in [-0.2, 0) is 17.7 Å². The molecule has 0 saturated heterocycles. The molecule has 7 heteroatoms. The fourth-order valence-electron chi connectivity index (χ4n) is 2.61. The minimum absolute atomic E-state index is 0.397. The van der Waals surface area contributed by atoms with E-state index < -0.39 is 8.25 Å². The van der Waals surface area contributed by atoms with Crippen LogP contribution in [0.5, 0.6) is 11.5 Å². The largest absolute Gasteiger partial charge is 0.489 e. The van der Waals surface area contributed by atoms with Crippen LogP contribution >= 0.6 is 63.7 Å². The molecule has 0 radical (unpaired) electrons. The van der Waals surface area contributed by atoms with Crippen LogP contribution in [0.3, 0.4) is 0 Å². The van der Waals surface area contributed by atoms with Crippen LogP contribution in [0.4, 0.5) is 0 Å². The van der Waals surface area contributed by atoms with Crippen molar-refractivity contribution in [3.05, 3.63) is 94.0 Å². The molecule has 0 fully saturated rings. The van der Waals surface area contributed by atoms with E-state index >= 15 is 0 Å². The normalized spacial score (nSPS) is 13.2. The first kappa shape index (κ1) is 22.8. The molecule has 3 aromatic carbocycles. The maximum atomic E-state index is 10.9. The van der Waals surface area contributed by atoms with Gasteiger partial charge < -0.3 is 14.6 Å². The molecule has 3 rings (SSSR count). The van der Waals surface area contributed by atoms with Crippen molar-refractivity contribution in [2.75, 3.05) is 0 Å². The lowest BCUT2D eigenvalue weighted by molar-refractivity contribution is 0.165. The van der Waals surface area contributed by atoms with Crippen molar-refractivity contribution < 1.29 is 14.6 Å². The van der Waals surface area contributed by atoms with E-state index in [1.54, 1.807) is 6.07 Å². The molecule has 1 N–H and O–H groups in total. The molecule has 1 unspecified atom stereocenters. The number of hydrogen-bond acceptors (Lipinski definition) is 3. The maximum Gasteiger partial charge on any atom is 0.168 e. The highest BCUT2D eigenvalue weighted by Gasteiger charge is 2.36. The molecule has 0 aliphatic carbocycles. The Morgan fingerprint density at radius 3 is 1.86 bits per heavy atom. The number of ether oxygens (including phenoxy) is 2. The molecule has 1 atom stereocenters. The van der Waals surface area contributed by atoms with Crippen LogP contribution in [0.15, 0.2) is 77.3 Å². The van der Waals surface area contributed by atoms with Gasteiger partial charge in [0.2, 0.25) is 0 Å². The summed E-state index contributed by atoms with van der Waals surface area (Å²) >= 11 is 13.7. The number of halogens is 4. The average molecular weight is 650 g/mol. The van der Waals surface area contributed by atoms with Crippen molar-refractivity contribution in [1.82, 2.24) is 0 Å². The highest BCUT2D eigenvalue weighted by Crippen LogP contribution is 2.47. The molecule has 0 amide bonds. The van der Waals surface area contributed by atoms with E-state index in [0.29, 0.717) is 34.7 Å². The van der Waals surface area contributed by atoms with Crippen LogP contribution in [-0.4, -0.2) is 8.84 Å². The van der Waals surface area contributed by atoms with Gasteiger partial charge in [-0.05, 0) is 49.1 Å². The number of alkyl halides is 3. The second-order valence-electron chi connectivity index (χ2n) is 6.31. The highest BCUT2D eigenvalue weighted by molar-refractivity contribution is 9.25. The third-order valence-electron chi connectivity index (χ3n) is 4.17. The van der Waals surface area contributed by atoms with Gasteiger partial charge in [-0.3, -0.25) is 0 Å². The lowest BCUT2D eigenvalue weighted by Crippen LogP contribution is -2.25. The van der Waals surface area contributed by atoms with Crippen molar-refractivity contribution in [3.8, 4) is 11.5 Å². The summed E-state index contributed by atoms with van der Waals surface area (Å²) < 4.78 is 10.9. The Labute approximate surface area is 203 Å². The van der Waals surface area contributed by atoms with Gasteiger partial charge in [0.25, 0.3) is 0 Å². The summed E-state index contributed by atoms with van der Waals surface area (Å²) in [4.78, 5) is 0. The molecule has 0 aliphatic rings. The summed E-state index contributed by atoms with van der Waals surface area (Å²) in [7, 11) is 0. The summed E-state index contributed by atoms with van der Waals surface area (Å²) in [6.07, 6.45) is 0. The molecule has 0 heterocycles. The monoisotopic (exact) mass is 646 g/mol. The molecule has 0 spiro atoms. The first-order valence-electron chi connectivity index (χ1n) is 8.75. The van der Waals surface area contributed by atoms with E-state index in [2.05, 4.69) is 63.7 Å². The SMILES string of the molecule is OC(Br)(c1cc(OCc2ccccc2)cc(OCc2ccccc2)c1Br)C(Br)Br. The van der Waals surface area contributed by atoms with Gasteiger partial charge in [0.15, 0.2) is 4.51 Å². The van der Waals surface area contributed by atoms with Gasteiger partial charge in [-0.1, -0.05) is 92.5 Å². The first-order chi connectivity index (χ1) is 13.9. The zero-order valence-corrected chi connectivity index (χ0v) is 21.5. The second kappa shape index (κ2) is 10.4. The van der Waals surface area contributed by atoms with E-state index in [0.717, 1.165) is 11.1 Å². The second-order valence-corrected chi connectivity index (χ2v) is 11.4. The van der Waals surface area contributed by atoms with E-state index in [9.17, 15) is 5.11 Å². The van der Waals surface area contributed by atoms with Gasteiger partial charge in [0.05, 0.1) is 4.47 Å². The molecular formula is C22H18Br4O3. The summed E-state index contributed by atoms with van der Waals surface area (Å²) in [6, 6.07) is 23.4. The third-order valence-corrected chi connectivity index (χ3v) is 8.42. The topological polar surface area (TPSA) is 38.7 Å². The van der Waals surface area contributed by atoms with Crippen molar-refractivity contribution in [1.29, 1.82) is 0 Å². The van der Waals surface area contributed by atoms with Crippen molar-refractivity contribution >= 4 is 63.7 Å².